The zero-order valence-electron chi connectivity index (χ0n) is 12.5. The van der Waals surface area contributed by atoms with Crippen LogP contribution in [0.3, 0.4) is 0 Å². The van der Waals surface area contributed by atoms with Crippen molar-refractivity contribution in [2.24, 2.45) is 0 Å². The van der Waals surface area contributed by atoms with Gasteiger partial charge in [0.1, 0.15) is 5.92 Å². The minimum atomic E-state index is -0.657. The van der Waals surface area contributed by atoms with Crippen LogP contribution in [0.2, 0.25) is 0 Å². The average molecular weight is 277 g/mol. The summed E-state index contributed by atoms with van der Waals surface area (Å²) in [5.41, 5.74) is 4.25. The zero-order valence-corrected chi connectivity index (χ0v) is 12.5. The van der Waals surface area contributed by atoms with Gasteiger partial charge in [0.2, 0.25) is 0 Å². The van der Waals surface area contributed by atoms with Crippen molar-refractivity contribution in [3.63, 3.8) is 0 Å². The lowest BCUT2D eigenvalue weighted by molar-refractivity contribution is -0.119. The van der Waals surface area contributed by atoms with Gasteiger partial charge in [-0.05, 0) is 31.4 Å². The molecule has 0 radical (unpaired) electrons. The SMILES string of the molecule is Cc1ccc(C(C#N)C(=O)CCc2cccc(C)c2)cc1. The molecule has 0 heterocycles. The molecule has 0 bridgehead atoms. The van der Waals surface area contributed by atoms with Crippen LogP contribution < -0.4 is 0 Å². The first-order chi connectivity index (χ1) is 10.1. The Morgan fingerprint density at radius 2 is 1.81 bits per heavy atom. The molecule has 2 aromatic carbocycles. The molecule has 2 rings (SSSR count). The highest BCUT2D eigenvalue weighted by molar-refractivity contribution is 5.88. The van der Waals surface area contributed by atoms with Crippen LogP contribution in [-0.2, 0) is 11.2 Å². The van der Waals surface area contributed by atoms with Gasteiger partial charge >= 0.3 is 0 Å². The molecular formula is C19H19NO. The third-order valence-electron chi connectivity index (χ3n) is 3.60. The third kappa shape index (κ3) is 4.03. The van der Waals surface area contributed by atoms with Crippen LogP contribution in [0, 0.1) is 25.2 Å². The van der Waals surface area contributed by atoms with Crippen LogP contribution in [0.4, 0.5) is 0 Å². The molecule has 0 saturated carbocycles. The molecule has 1 unspecified atom stereocenters. The van der Waals surface area contributed by atoms with Gasteiger partial charge in [-0.25, -0.2) is 0 Å². The molecule has 0 spiro atoms. The van der Waals surface area contributed by atoms with Gasteiger partial charge in [0.05, 0.1) is 6.07 Å². The Bertz CT molecular complexity index is 665. The Morgan fingerprint density at radius 3 is 2.43 bits per heavy atom. The first-order valence-corrected chi connectivity index (χ1v) is 7.14. The highest BCUT2D eigenvalue weighted by Gasteiger charge is 2.19. The van der Waals surface area contributed by atoms with Crippen molar-refractivity contribution in [1.82, 2.24) is 0 Å². The first kappa shape index (κ1) is 15.0. The molecule has 2 aromatic rings. The summed E-state index contributed by atoms with van der Waals surface area (Å²) in [6.07, 6.45) is 1.08. The van der Waals surface area contributed by atoms with E-state index in [1.54, 1.807) is 0 Å². The van der Waals surface area contributed by atoms with Crippen LogP contribution in [0.25, 0.3) is 0 Å². The van der Waals surface area contributed by atoms with Crippen molar-refractivity contribution < 1.29 is 4.79 Å². The molecule has 0 amide bonds. The molecule has 106 valence electrons. The summed E-state index contributed by atoms with van der Waals surface area (Å²) in [5.74, 6) is -0.668. The number of nitriles is 1. The van der Waals surface area contributed by atoms with E-state index in [0.29, 0.717) is 12.8 Å². The van der Waals surface area contributed by atoms with E-state index in [-0.39, 0.29) is 5.78 Å². The molecule has 0 aliphatic heterocycles. The van der Waals surface area contributed by atoms with Crippen molar-refractivity contribution in [1.29, 1.82) is 5.26 Å². The van der Waals surface area contributed by atoms with Gasteiger partial charge in [-0.15, -0.1) is 0 Å². The van der Waals surface area contributed by atoms with Crippen molar-refractivity contribution in [2.75, 3.05) is 0 Å². The highest BCUT2D eigenvalue weighted by Crippen LogP contribution is 2.19. The summed E-state index contributed by atoms with van der Waals surface area (Å²) in [6.45, 7) is 4.03. The quantitative estimate of drug-likeness (QED) is 0.825. The number of aryl methyl sites for hydroxylation is 3. The van der Waals surface area contributed by atoms with Gasteiger partial charge in [0.25, 0.3) is 0 Å². The molecule has 0 saturated heterocycles. The smallest absolute Gasteiger partial charge is 0.154 e. The Hall–Kier alpha value is -2.40. The molecule has 0 N–H and O–H groups in total. The minimum Gasteiger partial charge on any atom is -0.298 e. The lowest BCUT2D eigenvalue weighted by Crippen LogP contribution is -2.11. The summed E-state index contributed by atoms with van der Waals surface area (Å²) < 4.78 is 0. The lowest BCUT2D eigenvalue weighted by Gasteiger charge is -2.09. The summed E-state index contributed by atoms with van der Waals surface area (Å²) >= 11 is 0. The van der Waals surface area contributed by atoms with E-state index in [0.717, 1.165) is 16.7 Å². The van der Waals surface area contributed by atoms with Crippen molar-refractivity contribution >= 4 is 5.78 Å². The third-order valence-corrected chi connectivity index (χ3v) is 3.60. The molecule has 0 fully saturated rings. The Kier molecular flexibility index (Phi) is 4.90. The number of Topliss-reactive ketones (excluding diaryl/α,β-unsaturated/α-hetero) is 1. The lowest BCUT2D eigenvalue weighted by atomic mass is 9.92. The fraction of sp³-hybridized carbons (Fsp3) is 0.263. The fourth-order valence-corrected chi connectivity index (χ4v) is 2.37. The summed E-state index contributed by atoms with van der Waals surface area (Å²) in [6, 6.07) is 17.9. The molecule has 0 aliphatic carbocycles. The standard InChI is InChI=1S/C19H19NO/c1-14-6-9-17(10-7-14)18(13-20)19(21)11-8-16-5-3-4-15(2)12-16/h3-7,9-10,12,18H,8,11H2,1-2H3. The number of carbonyl (C=O) groups is 1. The molecule has 2 nitrogen and oxygen atoms in total. The number of benzene rings is 2. The second-order valence-corrected chi connectivity index (χ2v) is 5.43. The van der Waals surface area contributed by atoms with Crippen molar-refractivity contribution in [3.8, 4) is 6.07 Å². The maximum absolute atomic E-state index is 12.3. The van der Waals surface area contributed by atoms with Gasteiger partial charge in [0, 0.05) is 6.42 Å². The van der Waals surface area contributed by atoms with Crippen LogP contribution in [0.5, 0.6) is 0 Å². The Balaban J connectivity index is 2.04. The second-order valence-electron chi connectivity index (χ2n) is 5.43. The molecule has 0 aliphatic rings. The fourth-order valence-electron chi connectivity index (χ4n) is 2.37. The molecule has 2 heteroatoms. The van der Waals surface area contributed by atoms with E-state index >= 15 is 0 Å². The van der Waals surface area contributed by atoms with Gasteiger partial charge in [-0.3, -0.25) is 4.79 Å². The largest absolute Gasteiger partial charge is 0.298 e. The van der Waals surface area contributed by atoms with E-state index in [1.807, 2.05) is 56.3 Å². The number of rotatable bonds is 5. The van der Waals surface area contributed by atoms with Crippen LogP contribution >= 0.6 is 0 Å². The van der Waals surface area contributed by atoms with E-state index in [1.165, 1.54) is 5.56 Å². The summed E-state index contributed by atoms with van der Waals surface area (Å²) in [7, 11) is 0. The van der Waals surface area contributed by atoms with E-state index in [2.05, 4.69) is 12.1 Å². The van der Waals surface area contributed by atoms with Crippen molar-refractivity contribution in [3.05, 3.63) is 70.8 Å². The predicted octanol–water partition coefficient (Wildman–Crippen LogP) is 4.11. The monoisotopic (exact) mass is 277 g/mol. The predicted molar refractivity (Wildman–Crippen MR) is 84.0 cm³/mol. The second kappa shape index (κ2) is 6.85. The van der Waals surface area contributed by atoms with Crippen LogP contribution in [-0.4, -0.2) is 5.78 Å². The molecular weight excluding hydrogens is 258 g/mol. The summed E-state index contributed by atoms with van der Waals surface area (Å²) in [5, 5.41) is 9.29. The Labute approximate surface area is 126 Å². The maximum Gasteiger partial charge on any atom is 0.154 e. The number of carbonyl (C=O) groups excluding carboxylic acids is 1. The number of nitrogens with zero attached hydrogens (tertiary/aromatic N) is 1. The zero-order chi connectivity index (χ0) is 15.2. The summed E-state index contributed by atoms with van der Waals surface area (Å²) in [4.78, 5) is 12.3. The molecule has 1 atom stereocenters. The normalized spacial score (nSPS) is 11.7. The maximum atomic E-state index is 12.3. The van der Waals surface area contributed by atoms with Crippen LogP contribution in [0.15, 0.2) is 48.5 Å². The van der Waals surface area contributed by atoms with E-state index < -0.39 is 5.92 Å². The first-order valence-electron chi connectivity index (χ1n) is 7.14. The van der Waals surface area contributed by atoms with E-state index in [4.69, 9.17) is 0 Å². The molecule has 0 aromatic heterocycles. The number of hydrogen-bond donors (Lipinski definition) is 0. The minimum absolute atomic E-state index is 0.0112. The van der Waals surface area contributed by atoms with Crippen LogP contribution in [0.1, 0.15) is 34.6 Å². The highest BCUT2D eigenvalue weighted by atomic mass is 16.1. The number of hydrogen-bond acceptors (Lipinski definition) is 2. The van der Waals surface area contributed by atoms with Gasteiger partial charge in [-0.1, -0.05) is 59.7 Å². The average Bonchev–Trinajstić information content (AvgIpc) is 2.48. The van der Waals surface area contributed by atoms with Gasteiger partial charge in [-0.2, -0.15) is 5.26 Å². The topological polar surface area (TPSA) is 40.9 Å². The van der Waals surface area contributed by atoms with E-state index in [9.17, 15) is 10.1 Å². The van der Waals surface area contributed by atoms with Gasteiger partial charge < -0.3 is 0 Å². The molecule has 21 heavy (non-hydrogen) atoms. The number of ketones is 1. The van der Waals surface area contributed by atoms with Gasteiger partial charge in [0.15, 0.2) is 5.78 Å². The van der Waals surface area contributed by atoms with Crippen molar-refractivity contribution in [2.45, 2.75) is 32.6 Å². The Morgan fingerprint density at radius 1 is 1.10 bits per heavy atom.